The topological polar surface area (TPSA) is 77.2 Å². The molecule has 5 nitrogen and oxygen atoms in total. The Labute approximate surface area is 115 Å². The fourth-order valence-corrected chi connectivity index (χ4v) is 2.71. The first-order valence-electron chi connectivity index (χ1n) is 6.01. The summed E-state index contributed by atoms with van der Waals surface area (Å²) < 4.78 is 5.79. The zero-order valence-corrected chi connectivity index (χ0v) is 12.0. The Bertz CT molecular complexity index is 595. The molecule has 1 atom stereocenters. The zero-order chi connectivity index (χ0) is 14.0. The largest absolute Gasteiger partial charge is 0.467 e. The number of fused-ring (bicyclic) bond motifs is 1. The fraction of sp³-hybridized carbons (Fsp3) is 0.385. The molecule has 0 fully saturated rings. The van der Waals surface area contributed by atoms with Crippen molar-refractivity contribution >= 4 is 38.3 Å². The van der Waals surface area contributed by atoms with Crippen molar-refractivity contribution < 1.29 is 9.53 Å². The number of esters is 1. The van der Waals surface area contributed by atoms with Gasteiger partial charge in [-0.25, -0.2) is 9.78 Å². The van der Waals surface area contributed by atoms with Crippen molar-refractivity contribution in [3.63, 3.8) is 0 Å². The van der Waals surface area contributed by atoms with E-state index >= 15 is 0 Å². The van der Waals surface area contributed by atoms with Crippen LogP contribution in [0.1, 0.15) is 13.8 Å². The molecule has 0 aliphatic rings. The quantitative estimate of drug-likeness (QED) is 0.664. The van der Waals surface area contributed by atoms with Gasteiger partial charge < -0.3 is 15.8 Å². The van der Waals surface area contributed by atoms with Gasteiger partial charge in [-0.3, -0.25) is 0 Å². The number of hydrogen-bond donors (Lipinski definition) is 2. The predicted molar refractivity (Wildman–Crippen MR) is 78.3 cm³/mol. The SMILES string of the molecule is COC(=O)C(Nc1nc2ccc(N)cc2s1)C(C)C. The maximum atomic E-state index is 11.7. The number of rotatable bonds is 4. The van der Waals surface area contributed by atoms with E-state index in [-0.39, 0.29) is 11.9 Å². The highest BCUT2D eigenvalue weighted by atomic mass is 32.1. The van der Waals surface area contributed by atoms with Gasteiger partial charge >= 0.3 is 5.97 Å². The Kier molecular flexibility index (Phi) is 3.90. The van der Waals surface area contributed by atoms with Gasteiger partial charge in [0.2, 0.25) is 0 Å². The summed E-state index contributed by atoms with van der Waals surface area (Å²) in [4.78, 5) is 16.1. The summed E-state index contributed by atoms with van der Waals surface area (Å²) in [6.45, 7) is 3.92. The van der Waals surface area contributed by atoms with Gasteiger partial charge in [0.15, 0.2) is 5.13 Å². The molecule has 1 heterocycles. The van der Waals surface area contributed by atoms with Crippen LogP contribution in [-0.2, 0) is 9.53 Å². The van der Waals surface area contributed by atoms with Crippen molar-refractivity contribution in [1.29, 1.82) is 0 Å². The third-order valence-electron chi connectivity index (χ3n) is 2.81. The van der Waals surface area contributed by atoms with Gasteiger partial charge in [0.05, 0.1) is 17.3 Å². The van der Waals surface area contributed by atoms with Gasteiger partial charge in [0.25, 0.3) is 0 Å². The predicted octanol–water partition coefficient (Wildman–Crippen LogP) is 2.49. The first kappa shape index (κ1) is 13.6. The number of aromatic nitrogens is 1. The van der Waals surface area contributed by atoms with E-state index in [9.17, 15) is 4.79 Å². The maximum absolute atomic E-state index is 11.7. The van der Waals surface area contributed by atoms with E-state index in [1.165, 1.54) is 18.4 Å². The van der Waals surface area contributed by atoms with E-state index < -0.39 is 6.04 Å². The van der Waals surface area contributed by atoms with Crippen molar-refractivity contribution in [2.24, 2.45) is 5.92 Å². The molecule has 6 heteroatoms. The smallest absolute Gasteiger partial charge is 0.328 e. The number of methoxy groups -OCH3 is 1. The highest BCUT2D eigenvalue weighted by molar-refractivity contribution is 7.22. The van der Waals surface area contributed by atoms with Crippen LogP contribution in [0.3, 0.4) is 0 Å². The van der Waals surface area contributed by atoms with Crippen LogP contribution in [-0.4, -0.2) is 24.1 Å². The number of carbonyl (C=O) groups is 1. The molecule has 0 saturated carbocycles. The Morgan fingerprint density at radius 1 is 1.47 bits per heavy atom. The molecule has 0 radical (unpaired) electrons. The van der Waals surface area contributed by atoms with E-state index in [0.29, 0.717) is 10.8 Å². The zero-order valence-electron chi connectivity index (χ0n) is 11.1. The monoisotopic (exact) mass is 279 g/mol. The maximum Gasteiger partial charge on any atom is 0.328 e. The number of carbonyl (C=O) groups excluding carboxylic acids is 1. The Hall–Kier alpha value is -1.82. The summed E-state index contributed by atoms with van der Waals surface area (Å²) in [6, 6.07) is 5.16. The molecule has 2 aromatic rings. The van der Waals surface area contributed by atoms with E-state index in [1.807, 2.05) is 32.0 Å². The molecule has 0 saturated heterocycles. The van der Waals surface area contributed by atoms with Crippen molar-refractivity contribution in [3.8, 4) is 0 Å². The van der Waals surface area contributed by atoms with Crippen molar-refractivity contribution in [2.45, 2.75) is 19.9 Å². The van der Waals surface area contributed by atoms with Gasteiger partial charge in [0.1, 0.15) is 6.04 Å². The molecule has 0 aliphatic carbocycles. The standard InChI is InChI=1S/C13H17N3O2S/c1-7(2)11(12(17)18-3)16-13-15-9-5-4-8(14)6-10(9)19-13/h4-7,11H,14H2,1-3H3,(H,15,16). The molecule has 1 aromatic carbocycles. The third kappa shape index (κ3) is 2.96. The van der Waals surface area contributed by atoms with E-state index in [4.69, 9.17) is 10.5 Å². The fourth-order valence-electron chi connectivity index (χ4n) is 1.76. The molecule has 102 valence electrons. The molecular weight excluding hydrogens is 262 g/mol. The summed E-state index contributed by atoms with van der Waals surface area (Å²) >= 11 is 1.48. The minimum absolute atomic E-state index is 0.115. The lowest BCUT2D eigenvalue weighted by Gasteiger charge is -2.18. The molecule has 3 N–H and O–H groups in total. The normalized spacial score (nSPS) is 12.6. The average Bonchev–Trinajstić information content (AvgIpc) is 2.76. The van der Waals surface area contributed by atoms with Crippen LogP contribution in [0.25, 0.3) is 10.2 Å². The molecule has 2 rings (SSSR count). The number of benzene rings is 1. The van der Waals surface area contributed by atoms with Crippen LogP contribution in [0.15, 0.2) is 18.2 Å². The number of nitrogen functional groups attached to an aromatic ring is 1. The Morgan fingerprint density at radius 2 is 2.21 bits per heavy atom. The van der Waals surface area contributed by atoms with Crippen LogP contribution >= 0.6 is 11.3 Å². The number of nitrogens with zero attached hydrogens (tertiary/aromatic N) is 1. The highest BCUT2D eigenvalue weighted by Gasteiger charge is 2.23. The molecular formula is C13H17N3O2S. The third-order valence-corrected chi connectivity index (χ3v) is 3.76. The number of thiazole rings is 1. The van der Waals surface area contributed by atoms with Gasteiger partial charge in [0, 0.05) is 5.69 Å². The molecule has 1 aromatic heterocycles. The van der Waals surface area contributed by atoms with Gasteiger partial charge in [-0.05, 0) is 24.1 Å². The van der Waals surface area contributed by atoms with Crippen LogP contribution in [0, 0.1) is 5.92 Å². The van der Waals surface area contributed by atoms with Crippen LogP contribution in [0.2, 0.25) is 0 Å². The first-order valence-corrected chi connectivity index (χ1v) is 6.83. The summed E-state index contributed by atoms with van der Waals surface area (Å²) in [5.41, 5.74) is 7.31. The van der Waals surface area contributed by atoms with Gasteiger partial charge in [-0.2, -0.15) is 0 Å². The second-order valence-electron chi connectivity index (χ2n) is 4.64. The number of nitrogens with one attached hydrogen (secondary N) is 1. The van der Waals surface area contributed by atoms with Crippen LogP contribution in [0.4, 0.5) is 10.8 Å². The first-order chi connectivity index (χ1) is 9.01. The Balaban J connectivity index is 2.26. The lowest BCUT2D eigenvalue weighted by Crippen LogP contribution is -2.35. The number of anilines is 2. The molecule has 19 heavy (non-hydrogen) atoms. The summed E-state index contributed by atoms with van der Waals surface area (Å²) in [5.74, 6) is -0.168. The second kappa shape index (κ2) is 5.44. The lowest BCUT2D eigenvalue weighted by molar-refractivity contribution is -0.142. The molecule has 0 amide bonds. The molecule has 0 spiro atoms. The summed E-state index contributed by atoms with van der Waals surface area (Å²) in [5, 5.41) is 3.83. The number of nitrogens with two attached hydrogens (primary N) is 1. The molecule has 0 bridgehead atoms. The van der Waals surface area contributed by atoms with E-state index in [1.54, 1.807) is 0 Å². The van der Waals surface area contributed by atoms with Crippen molar-refractivity contribution in [3.05, 3.63) is 18.2 Å². The van der Waals surface area contributed by atoms with Crippen LogP contribution in [0.5, 0.6) is 0 Å². The second-order valence-corrected chi connectivity index (χ2v) is 5.67. The number of ether oxygens (including phenoxy) is 1. The molecule has 1 unspecified atom stereocenters. The van der Waals surface area contributed by atoms with Gasteiger partial charge in [-0.15, -0.1) is 0 Å². The Morgan fingerprint density at radius 3 is 2.84 bits per heavy atom. The highest BCUT2D eigenvalue weighted by Crippen LogP contribution is 2.28. The van der Waals surface area contributed by atoms with Crippen molar-refractivity contribution in [2.75, 3.05) is 18.2 Å². The lowest BCUT2D eigenvalue weighted by atomic mass is 10.1. The van der Waals surface area contributed by atoms with Crippen LogP contribution < -0.4 is 11.1 Å². The average molecular weight is 279 g/mol. The summed E-state index contributed by atoms with van der Waals surface area (Å²) in [7, 11) is 1.39. The van der Waals surface area contributed by atoms with Crippen molar-refractivity contribution in [1.82, 2.24) is 4.98 Å². The minimum Gasteiger partial charge on any atom is -0.467 e. The van der Waals surface area contributed by atoms with E-state index in [0.717, 1.165) is 10.2 Å². The summed E-state index contributed by atoms with van der Waals surface area (Å²) in [6.07, 6.45) is 0. The molecule has 0 aliphatic heterocycles. The van der Waals surface area contributed by atoms with Gasteiger partial charge in [-0.1, -0.05) is 25.2 Å². The van der Waals surface area contributed by atoms with E-state index in [2.05, 4.69) is 10.3 Å². The number of hydrogen-bond acceptors (Lipinski definition) is 6. The minimum atomic E-state index is -0.400.